The molecule has 2 N–H and O–H groups in total. The van der Waals surface area contributed by atoms with Gasteiger partial charge in [-0.15, -0.1) is 16.4 Å². The van der Waals surface area contributed by atoms with Crippen molar-refractivity contribution < 1.29 is 12.0 Å². The van der Waals surface area contributed by atoms with Crippen LogP contribution in [0, 0.1) is 12.7 Å². The molecule has 0 radical (unpaired) electrons. The van der Waals surface area contributed by atoms with E-state index in [1.54, 1.807) is 29.0 Å². The second-order valence-electron chi connectivity index (χ2n) is 8.31. The number of hydrogen-bond acceptors (Lipinski definition) is 8. The van der Waals surface area contributed by atoms with Crippen LogP contribution in [0.4, 0.5) is 10.2 Å². The van der Waals surface area contributed by atoms with E-state index in [9.17, 15) is 9.18 Å². The Morgan fingerprint density at radius 3 is 2.86 bits per heavy atom. The van der Waals surface area contributed by atoms with Gasteiger partial charge in [0.25, 0.3) is 0 Å². The number of hydrogen-bond donors (Lipinski definition) is 2. The Bertz CT molecular complexity index is 1510. The maximum atomic E-state index is 13.8. The zero-order valence-corrected chi connectivity index (χ0v) is 20.5. The van der Waals surface area contributed by atoms with E-state index in [0.29, 0.717) is 29.9 Å². The first kappa shape index (κ1) is 23.8. The van der Waals surface area contributed by atoms with Crippen molar-refractivity contribution >= 4 is 44.7 Å². The summed E-state index contributed by atoms with van der Waals surface area (Å²) in [6.45, 7) is 5.90. The molecule has 5 heterocycles. The Labute approximate surface area is 214 Å². The Balaban J connectivity index is 0.000000229. The predicted octanol–water partition coefficient (Wildman–Crippen LogP) is 3.71. The number of anilines is 1. The van der Waals surface area contributed by atoms with Crippen LogP contribution >= 0.6 is 11.3 Å². The van der Waals surface area contributed by atoms with Crippen molar-refractivity contribution in [2.24, 2.45) is 0 Å². The summed E-state index contributed by atoms with van der Waals surface area (Å²) in [5, 5.41) is 14.5. The molecule has 0 atom stereocenters. The molecule has 0 unspecified atom stereocenters. The summed E-state index contributed by atoms with van der Waals surface area (Å²) in [6.07, 6.45) is 5.92. The van der Waals surface area contributed by atoms with Crippen LogP contribution in [-0.4, -0.2) is 57.3 Å². The Kier molecular flexibility index (Phi) is 7.10. The van der Waals surface area contributed by atoms with Crippen LogP contribution in [0.25, 0.3) is 26.8 Å². The SMILES string of the molecule is Cc1ccc(-n2cc3c(N4CCNCC4)ncnc3n2)cc1F.O=CNCc1cc2ccsc2cn1.[HH].[HH]. The van der Waals surface area contributed by atoms with Gasteiger partial charge in [0.15, 0.2) is 5.65 Å². The third kappa shape index (κ3) is 5.16. The first-order chi connectivity index (χ1) is 17.6. The number of nitrogens with one attached hydrogen (secondary N) is 2. The van der Waals surface area contributed by atoms with Crippen molar-refractivity contribution in [2.75, 3.05) is 31.1 Å². The summed E-state index contributed by atoms with van der Waals surface area (Å²) >= 11 is 1.67. The van der Waals surface area contributed by atoms with Gasteiger partial charge in [-0.2, -0.15) is 0 Å². The molecule has 0 spiro atoms. The van der Waals surface area contributed by atoms with E-state index in [2.05, 4.69) is 35.6 Å². The van der Waals surface area contributed by atoms with Gasteiger partial charge in [0.05, 0.1) is 28.0 Å². The number of aryl methyl sites for hydroxylation is 1. The van der Waals surface area contributed by atoms with Crippen molar-refractivity contribution in [2.45, 2.75) is 13.5 Å². The number of benzene rings is 1. The number of pyridine rings is 1. The minimum Gasteiger partial charge on any atom is -0.353 e. The van der Waals surface area contributed by atoms with Crippen LogP contribution in [0.1, 0.15) is 14.1 Å². The number of aromatic nitrogens is 5. The zero-order chi connectivity index (χ0) is 24.9. The lowest BCUT2D eigenvalue weighted by Crippen LogP contribution is -2.43. The van der Waals surface area contributed by atoms with Crippen LogP contribution < -0.4 is 15.5 Å². The lowest BCUT2D eigenvalue weighted by atomic mass is 10.2. The molecule has 1 fully saturated rings. The van der Waals surface area contributed by atoms with E-state index in [0.717, 1.165) is 43.1 Å². The molecule has 0 bridgehead atoms. The number of thiophene rings is 1. The molecule has 1 amide bonds. The van der Waals surface area contributed by atoms with Gasteiger partial charge in [-0.25, -0.2) is 19.0 Å². The summed E-state index contributed by atoms with van der Waals surface area (Å²) < 4.78 is 16.6. The topological polar surface area (TPSA) is 101 Å². The fourth-order valence-electron chi connectivity index (χ4n) is 3.97. The van der Waals surface area contributed by atoms with Gasteiger partial charge < -0.3 is 15.5 Å². The van der Waals surface area contributed by atoms with Crippen LogP contribution in [0.2, 0.25) is 0 Å². The third-order valence-corrected chi connectivity index (χ3v) is 6.76. The molecular formula is C25H29FN8OS. The van der Waals surface area contributed by atoms with Crippen molar-refractivity contribution in [1.29, 1.82) is 0 Å². The quantitative estimate of drug-likeness (QED) is 0.349. The summed E-state index contributed by atoms with van der Waals surface area (Å²) in [6, 6.07) is 9.12. The number of nitrogens with zero attached hydrogens (tertiary/aromatic N) is 6. The van der Waals surface area contributed by atoms with Gasteiger partial charge in [-0.1, -0.05) is 6.07 Å². The average Bonchev–Trinajstić information content (AvgIpc) is 3.56. The van der Waals surface area contributed by atoms with E-state index in [4.69, 9.17) is 0 Å². The molecule has 1 aromatic carbocycles. The normalized spacial score (nSPS) is 13.4. The minimum atomic E-state index is -0.240. The molecule has 1 saturated heterocycles. The number of amides is 1. The predicted molar refractivity (Wildman–Crippen MR) is 143 cm³/mol. The van der Waals surface area contributed by atoms with Gasteiger partial charge in [0, 0.05) is 41.4 Å². The van der Waals surface area contributed by atoms with Crippen molar-refractivity contribution in [3.63, 3.8) is 0 Å². The van der Waals surface area contributed by atoms with Gasteiger partial charge >= 0.3 is 0 Å². The number of halogens is 1. The summed E-state index contributed by atoms with van der Waals surface area (Å²) in [7, 11) is 0. The number of carbonyl (C=O) groups excluding carboxylic acids is 1. The fraction of sp³-hybridized carbons (Fsp3) is 0.240. The maximum Gasteiger partial charge on any atom is 0.207 e. The lowest BCUT2D eigenvalue weighted by molar-refractivity contribution is -0.109. The van der Waals surface area contributed by atoms with E-state index < -0.39 is 0 Å². The highest BCUT2D eigenvalue weighted by molar-refractivity contribution is 7.17. The molecule has 36 heavy (non-hydrogen) atoms. The molecule has 6 rings (SSSR count). The van der Waals surface area contributed by atoms with E-state index >= 15 is 0 Å². The summed E-state index contributed by atoms with van der Waals surface area (Å²) in [5.41, 5.74) is 2.80. The standard InChI is InChI=1S/C16H17FN6.C9H8N2OS.2H2/c1-11-2-3-12(8-14(11)17)23-9-13-15(21-23)19-10-20-16(13)22-6-4-18-5-7-22;12-6-10-4-8-3-7-1-2-13-9(7)5-11-8;;/h2-3,8-10,18H,4-7H2,1H3;1-3,5-6H,4H2,(H,10,12);2*1H. The minimum absolute atomic E-state index is 0. The monoisotopic (exact) mass is 508 g/mol. The first-order valence-corrected chi connectivity index (χ1v) is 12.4. The highest BCUT2D eigenvalue weighted by Gasteiger charge is 2.17. The van der Waals surface area contributed by atoms with Crippen LogP contribution in [0.15, 0.2) is 54.4 Å². The molecule has 5 aromatic rings. The molecule has 1 aliphatic heterocycles. The smallest absolute Gasteiger partial charge is 0.207 e. The van der Waals surface area contributed by atoms with Crippen LogP contribution in [0.3, 0.4) is 0 Å². The molecular weight excluding hydrogens is 479 g/mol. The Morgan fingerprint density at radius 2 is 2.06 bits per heavy atom. The first-order valence-electron chi connectivity index (χ1n) is 11.5. The summed E-state index contributed by atoms with van der Waals surface area (Å²) in [5.74, 6) is 0.644. The third-order valence-electron chi connectivity index (χ3n) is 5.90. The fourth-order valence-corrected chi connectivity index (χ4v) is 4.70. The number of piperazine rings is 1. The van der Waals surface area contributed by atoms with Gasteiger partial charge in [0.2, 0.25) is 6.41 Å². The summed E-state index contributed by atoms with van der Waals surface area (Å²) in [4.78, 5) is 25.2. The van der Waals surface area contributed by atoms with E-state index in [1.807, 2.05) is 36.0 Å². The molecule has 0 aliphatic carbocycles. The molecule has 4 aromatic heterocycles. The maximum absolute atomic E-state index is 13.8. The molecule has 1 aliphatic rings. The average molecular weight is 509 g/mol. The second-order valence-corrected chi connectivity index (χ2v) is 9.26. The van der Waals surface area contributed by atoms with E-state index in [1.165, 1.54) is 22.5 Å². The molecule has 11 heteroatoms. The van der Waals surface area contributed by atoms with Gasteiger partial charge in [-0.05, 0) is 47.5 Å². The Morgan fingerprint density at radius 1 is 1.19 bits per heavy atom. The van der Waals surface area contributed by atoms with Gasteiger partial charge in [-0.3, -0.25) is 9.78 Å². The number of rotatable bonds is 5. The van der Waals surface area contributed by atoms with E-state index in [-0.39, 0.29) is 8.67 Å². The highest BCUT2D eigenvalue weighted by Crippen LogP contribution is 2.24. The van der Waals surface area contributed by atoms with Crippen molar-refractivity contribution in [1.82, 2.24) is 35.4 Å². The van der Waals surface area contributed by atoms with Crippen molar-refractivity contribution in [3.05, 3.63) is 71.5 Å². The number of carbonyl (C=O) groups is 1. The molecule has 188 valence electrons. The Hall–Kier alpha value is -3.96. The second kappa shape index (κ2) is 10.8. The van der Waals surface area contributed by atoms with Crippen molar-refractivity contribution in [3.8, 4) is 5.69 Å². The highest BCUT2D eigenvalue weighted by atomic mass is 32.1. The van der Waals surface area contributed by atoms with Crippen LogP contribution in [-0.2, 0) is 11.3 Å². The largest absolute Gasteiger partial charge is 0.353 e. The number of fused-ring (bicyclic) bond motifs is 2. The molecule has 0 saturated carbocycles. The van der Waals surface area contributed by atoms with Crippen LogP contribution in [0.5, 0.6) is 0 Å². The lowest BCUT2D eigenvalue weighted by Gasteiger charge is -2.28. The zero-order valence-electron chi connectivity index (χ0n) is 19.7. The molecule has 9 nitrogen and oxygen atoms in total. The van der Waals surface area contributed by atoms with Gasteiger partial charge in [0.1, 0.15) is 18.0 Å².